The molecule has 0 heterocycles. The minimum absolute atomic E-state index is 0.0722. The summed E-state index contributed by atoms with van der Waals surface area (Å²) < 4.78 is 30.1. The molecule has 150 valence electrons. The molecule has 0 aliphatic rings. The highest BCUT2D eigenvalue weighted by Crippen LogP contribution is 2.14. The Labute approximate surface area is 165 Å². The van der Waals surface area contributed by atoms with Crippen LogP contribution in [0.5, 0.6) is 0 Å². The van der Waals surface area contributed by atoms with Gasteiger partial charge in [0, 0.05) is 20.6 Å². The summed E-state index contributed by atoms with van der Waals surface area (Å²) in [5.74, 6) is -1.09. The Morgan fingerprint density at radius 3 is 2.29 bits per heavy atom. The zero-order valence-corrected chi connectivity index (χ0v) is 17.0. The second-order valence-electron chi connectivity index (χ2n) is 6.41. The van der Waals surface area contributed by atoms with Gasteiger partial charge in [0.1, 0.15) is 0 Å². The zero-order valence-electron chi connectivity index (χ0n) is 16.1. The molecule has 0 aliphatic heterocycles. The number of sulfonamides is 1. The first-order valence-corrected chi connectivity index (χ1v) is 10.2. The van der Waals surface area contributed by atoms with Crippen LogP contribution in [0.2, 0.25) is 0 Å². The number of esters is 1. The van der Waals surface area contributed by atoms with Crippen molar-refractivity contribution < 1.29 is 22.7 Å². The second kappa shape index (κ2) is 9.48. The summed E-state index contributed by atoms with van der Waals surface area (Å²) >= 11 is 0. The van der Waals surface area contributed by atoms with Gasteiger partial charge < -0.3 is 10.1 Å². The van der Waals surface area contributed by atoms with E-state index < -0.39 is 28.5 Å². The van der Waals surface area contributed by atoms with Crippen LogP contribution in [0.15, 0.2) is 53.4 Å². The molecule has 0 spiro atoms. The van der Waals surface area contributed by atoms with Crippen molar-refractivity contribution in [2.75, 3.05) is 27.2 Å². The average molecular weight is 404 g/mol. The molecule has 0 saturated carbocycles. The van der Waals surface area contributed by atoms with Gasteiger partial charge in [0.2, 0.25) is 10.0 Å². The molecule has 0 unspecified atom stereocenters. The van der Waals surface area contributed by atoms with E-state index in [1.165, 1.54) is 38.4 Å². The average Bonchev–Trinajstić information content (AvgIpc) is 2.67. The second-order valence-corrected chi connectivity index (χ2v) is 8.57. The van der Waals surface area contributed by atoms with Crippen molar-refractivity contribution in [3.8, 4) is 0 Å². The fourth-order valence-electron chi connectivity index (χ4n) is 2.47. The predicted molar refractivity (Wildman–Crippen MR) is 105 cm³/mol. The summed E-state index contributed by atoms with van der Waals surface area (Å²) in [7, 11) is -0.713. The monoisotopic (exact) mass is 404 g/mol. The summed E-state index contributed by atoms with van der Waals surface area (Å²) in [5, 5.41) is 2.71. The van der Waals surface area contributed by atoms with Gasteiger partial charge in [-0.05, 0) is 48.7 Å². The highest BCUT2D eigenvalue weighted by atomic mass is 32.2. The van der Waals surface area contributed by atoms with Crippen LogP contribution < -0.4 is 5.32 Å². The Morgan fingerprint density at radius 2 is 1.68 bits per heavy atom. The number of nitrogens with zero attached hydrogens (tertiary/aromatic N) is 1. The largest absolute Gasteiger partial charge is 0.452 e. The first kappa shape index (κ1) is 21.6. The van der Waals surface area contributed by atoms with Crippen LogP contribution in [0, 0.1) is 6.92 Å². The standard InChI is InChI=1S/C20H24N2O5S/c1-15-6-4-5-7-16(15)12-13-21-19(23)14-27-20(24)17-8-10-18(11-9-17)28(25,26)22(2)3/h4-11H,12-14H2,1-3H3,(H,21,23). The number of nitrogens with one attached hydrogen (secondary N) is 1. The summed E-state index contributed by atoms with van der Waals surface area (Å²) in [6.45, 7) is 2.05. The number of hydrogen-bond acceptors (Lipinski definition) is 5. The van der Waals surface area contributed by atoms with Gasteiger partial charge in [-0.1, -0.05) is 24.3 Å². The fraction of sp³-hybridized carbons (Fsp3) is 0.300. The van der Waals surface area contributed by atoms with Crippen LogP contribution in [0.3, 0.4) is 0 Å². The van der Waals surface area contributed by atoms with Crippen molar-refractivity contribution in [1.82, 2.24) is 9.62 Å². The first-order valence-electron chi connectivity index (χ1n) is 8.72. The molecule has 28 heavy (non-hydrogen) atoms. The molecule has 0 aromatic heterocycles. The molecule has 0 saturated heterocycles. The molecule has 0 bridgehead atoms. The Morgan fingerprint density at radius 1 is 1.04 bits per heavy atom. The molecule has 2 aromatic carbocycles. The first-order chi connectivity index (χ1) is 13.2. The van der Waals surface area contributed by atoms with E-state index in [9.17, 15) is 18.0 Å². The molecule has 2 rings (SSSR count). The van der Waals surface area contributed by atoms with Crippen LogP contribution in [0.1, 0.15) is 21.5 Å². The molecule has 2 aromatic rings. The third kappa shape index (κ3) is 5.64. The van der Waals surface area contributed by atoms with E-state index >= 15 is 0 Å². The van der Waals surface area contributed by atoms with Crippen molar-refractivity contribution in [3.05, 3.63) is 65.2 Å². The Bertz CT molecular complexity index is 937. The molecular formula is C20H24N2O5S. The van der Waals surface area contributed by atoms with Crippen LogP contribution in [-0.2, 0) is 26.0 Å². The molecule has 7 nitrogen and oxygen atoms in total. The van der Waals surface area contributed by atoms with Crippen LogP contribution in [0.25, 0.3) is 0 Å². The lowest BCUT2D eigenvalue weighted by atomic mass is 10.1. The number of amides is 1. The Hall–Kier alpha value is -2.71. The summed E-state index contributed by atoms with van der Waals surface area (Å²) in [5.41, 5.74) is 2.47. The SMILES string of the molecule is Cc1ccccc1CCNC(=O)COC(=O)c1ccc(S(=O)(=O)N(C)C)cc1. The van der Waals surface area contributed by atoms with Crippen LogP contribution in [-0.4, -0.2) is 51.8 Å². The summed E-state index contributed by atoms with van der Waals surface area (Å²) in [6.07, 6.45) is 0.689. The Kier molecular flexibility index (Phi) is 7.31. The van der Waals surface area contributed by atoms with Gasteiger partial charge >= 0.3 is 5.97 Å². The molecule has 0 fully saturated rings. The molecule has 8 heteroatoms. The van der Waals surface area contributed by atoms with E-state index in [4.69, 9.17) is 4.74 Å². The van der Waals surface area contributed by atoms with E-state index in [1.807, 2.05) is 31.2 Å². The van der Waals surface area contributed by atoms with Crippen molar-refractivity contribution in [2.24, 2.45) is 0 Å². The smallest absolute Gasteiger partial charge is 0.338 e. The minimum atomic E-state index is -3.56. The van der Waals surface area contributed by atoms with Crippen molar-refractivity contribution in [1.29, 1.82) is 0 Å². The van der Waals surface area contributed by atoms with Crippen molar-refractivity contribution in [2.45, 2.75) is 18.2 Å². The number of rotatable bonds is 8. The normalized spacial score (nSPS) is 11.3. The highest BCUT2D eigenvalue weighted by Gasteiger charge is 2.18. The lowest BCUT2D eigenvalue weighted by Crippen LogP contribution is -2.30. The molecule has 0 radical (unpaired) electrons. The van der Waals surface area contributed by atoms with Gasteiger partial charge in [-0.15, -0.1) is 0 Å². The maximum Gasteiger partial charge on any atom is 0.338 e. The maximum absolute atomic E-state index is 12.0. The summed E-state index contributed by atoms with van der Waals surface area (Å²) in [4.78, 5) is 23.9. The van der Waals surface area contributed by atoms with Gasteiger partial charge in [-0.3, -0.25) is 4.79 Å². The van der Waals surface area contributed by atoms with Crippen LogP contribution >= 0.6 is 0 Å². The fourth-order valence-corrected chi connectivity index (χ4v) is 3.37. The topological polar surface area (TPSA) is 92.8 Å². The number of ether oxygens (including phenoxy) is 1. The van der Waals surface area contributed by atoms with E-state index in [-0.39, 0.29) is 10.5 Å². The van der Waals surface area contributed by atoms with Crippen molar-refractivity contribution in [3.63, 3.8) is 0 Å². The quantitative estimate of drug-likeness (QED) is 0.677. The number of carbonyl (C=O) groups is 2. The zero-order chi connectivity index (χ0) is 20.7. The Balaban J connectivity index is 1.81. The number of hydrogen-bond donors (Lipinski definition) is 1. The third-order valence-electron chi connectivity index (χ3n) is 4.18. The predicted octanol–water partition coefficient (Wildman–Crippen LogP) is 1.76. The molecule has 1 amide bonds. The molecule has 0 atom stereocenters. The van der Waals surface area contributed by atoms with E-state index in [0.29, 0.717) is 13.0 Å². The molecule has 0 aliphatic carbocycles. The van der Waals surface area contributed by atoms with Gasteiger partial charge in [0.25, 0.3) is 5.91 Å². The van der Waals surface area contributed by atoms with Crippen molar-refractivity contribution >= 4 is 21.9 Å². The summed E-state index contributed by atoms with van der Waals surface area (Å²) in [6, 6.07) is 13.3. The lowest BCUT2D eigenvalue weighted by Gasteiger charge is -2.11. The van der Waals surface area contributed by atoms with Gasteiger partial charge in [0.15, 0.2) is 6.61 Å². The van der Waals surface area contributed by atoms with E-state index in [1.54, 1.807) is 0 Å². The van der Waals surface area contributed by atoms with Gasteiger partial charge in [-0.25, -0.2) is 17.5 Å². The van der Waals surface area contributed by atoms with Gasteiger partial charge in [0.05, 0.1) is 10.5 Å². The lowest BCUT2D eigenvalue weighted by molar-refractivity contribution is -0.124. The number of aryl methyl sites for hydroxylation is 1. The number of benzene rings is 2. The van der Waals surface area contributed by atoms with Gasteiger partial charge in [-0.2, -0.15) is 0 Å². The van der Waals surface area contributed by atoms with E-state index in [0.717, 1.165) is 15.4 Å². The van der Waals surface area contributed by atoms with E-state index in [2.05, 4.69) is 5.32 Å². The molecule has 1 N–H and O–H groups in total. The number of carbonyl (C=O) groups excluding carboxylic acids is 2. The minimum Gasteiger partial charge on any atom is -0.452 e. The maximum atomic E-state index is 12.0. The molecular weight excluding hydrogens is 380 g/mol. The highest BCUT2D eigenvalue weighted by molar-refractivity contribution is 7.89. The third-order valence-corrected chi connectivity index (χ3v) is 6.01. The van der Waals surface area contributed by atoms with Crippen LogP contribution in [0.4, 0.5) is 0 Å².